The summed E-state index contributed by atoms with van der Waals surface area (Å²) < 4.78 is 33.6. The summed E-state index contributed by atoms with van der Waals surface area (Å²) in [5.41, 5.74) is 0. The molecule has 0 heterocycles. The predicted molar refractivity (Wildman–Crippen MR) is 157 cm³/mol. The van der Waals surface area contributed by atoms with Crippen LogP contribution in [-0.4, -0.2) is 70.7 Å². The van der Waals surface area contributed by atoms with Gasteiger partial charge >= 0.3 is 5.97 Å². The minimum Gasteiger partial charge on any atom is -0.756 e. The number of quaternary nitrogens is 1. The van der Waals surface area contributed by atoms with Crippen molar-refractivity contribution < 1.29 is 37.3 Å². The van der Waals surface area contributed by atoms with Gasteiger partial charge in [0.2, 0.25) is 0 Å². The molecule has 0 radical (unpaired) electrons. The number of nitrogens with zero attached hydrogens (tertiary/aromatic N) is 1. The van der Waals surface area contributed by atoms with E-state index in [1.165, 1.54) is 19.3 Å². The Balaban J connectivity index is 4.02. The van der Waals surface area contributed by atoms with E-state index in [4.69, 9.17) is 18.5 Å². The van der Waals surface area contributed by atoms with E-state index in [2.05, 4.69) is 43.4 Å². The summed E-state index contributed by atoms with van der Waals surface area (Å²) in [6, 6.07) is 0. The highest BCUT2D eigenvalue weighted by Gasteiger charge is 2.20. The van der Waals surface area contributed by atoms with Gasteiger partial charge in [-0.25, -0.2) is 0 Å². The molecule has 0 N–H and O–H groups in total. The molecule has 0 rings (SSSR count). The van der Waals surface area contributed by atoms with Gasteiger partial charge in [0.25, 0.3) is 7.82 Å². The van der Waals surface area contributed by atoms with Crippen molar-refractivity contribution in [3.05, 3.63) is 36.5 Å². The van der Waals surface area contributed by atoms with Crippen molar-refractivity contribution in [1.29, 1.82) is 0 Å². The van der Waals surface area contributed by atoms with Crippen LogP contribution in [0, 0.1) is 0 Å². The zero-order valence-corrected chi connectivity index (χ0v) is 26.2. The van der Waals surface area contributed by atoms with Crippen LogP contribution in [0.1, 0.15) is 90.9 Å². The fourth-order valence-corrected chi connectivity index (χ4v) is 4.15. The first kappa shape index (κ1) is 37.7. The number of rotatable bonds is 26. The monoisotopic (exact) mass is 573 g/mol. The predicted octanol–water partition coefficient (Wildman–Crippen LogP) is 6.51. The lowest BCUT2D eigenvalue weighted by Gasteiger charge is -2.28. The zero-order chi connectivity index (χ0) is 29.2. The van der Waals surface area contributed by atoms with E-state index >= 15 is 0 Å². The van der Waals surface area contributed by atoms with Crippen LogP contribution in [0.25, 0.3) is 0 Å². The van der Waals surface area contributed by atoms with Gasteiger partial charge in [0.05, 0.1) is 34.4 Å². The van der Waals surface area contributed by atoms with Gasteiger partial charge < -0.3 is 27.9 Å². The van der Waals surface area contributed by atoms with E-state index < -0.39 is 19.9 Å². The molecular weight excluding hydrogens is 517 g/mol. The van der Waals surface area contributed by atoms with Gasteiger partial charge in [-0.15, -0.1) is 0 Å². The topological polar surface area (TPSA) is 94.1 Å². The first-order valence-electron chi connectivity index (χ1n) is 14.7. The highest BCUT2D eigenvalue weighted by molar-refractivity contribution is 7.45. The molecule has 0 amide bonds. The van der Waals surface area contributed by atoms with Gasteiger partial charge in [0.1, 0.15) is 19.3 Å². The molecule has 0 fully saturated rings. The number of phosphoric acid groups is 1. The second-order valence-corrected chi connectivity index (χ2v) is 12.1. The van der Waals surface area contributed by atoms with Crippen molar-refractivity contribution in [2.75, 3.05) is 54.1 Å². The van der Waals surface area contributed by atoms with Gasteiger partial charge in [-0.05, 0) is 44.9 Å². The van der Waals surface area contributed by atoms with Crippen LogP contribution in [0.15, 0.2) is 36.5 Å². The van der Waals surface area contributed by atoms with Crippen molar-refractivity contribution in [2.24, 2.45) is 0 Å². The minimum absolute atomic E-state index is 0.0206. The Morgan fingerprint density at radius 2 is 1.44 bits per heavy atom. The maximum Gasteiger partial charge on any atom is 0.306 e. The molecule has 0 saturated heterocycles. The summed E-state index contributed by atoms with van der Waals surface area (Å²) in [4.78, 5) is 24.0. The van der Waals surface area contributed by atoms with Crippen molar-refractivity contribution in [3.8, 4) is 0 Å². The number of ether oxygens (including phenoxy) is 2. The molecule has 0 aromatic rings. The molecule has 0 aromatic heterocycles. The molecule has 0 aliphatic rings. The van der Waals surface area contributed by atoms with Crippen LogP contribution in [0.4, 0.5) is 0 Å². The SMILES string of the molecule is CC/C=C\C/C=C\C/C=C\CCCCCCCCOCC(COP(=O)([O-])OCC[N+](C)(C)C)OC(=O)CCC. The lowest BCUT2D eigenvalue weighted by Crippen LogP contribution is -2.37. The summed E-state index contributed by atoms with van der Waals surface area (Å²) in [5, 5.41) is 0. The van der Waals surface area contributed by atoms with Crippen LogP contribution < -0.4 is 4.89 Å². The molecule has 2 unspecified atom stereocenters. The third kappa shape index (κ3) is 28.1. The number of esters is 1. The summed E-state index contributed by atoms with van der Waals surface area (Å²) >= 11 is 0. The Hall–Kier alpha value is -1.28. The molecule has 0 aliphatic heterocycles. The van der Waals surface area contributed by atoms with Gasteiger partial charge in [0.15, 0.2) is 0 Å². The quantitative estimate of drug-likeness (QED) is 0.0383. The van der Waals surface area contributed by atoms with Gasteiger partial charge in [-0.1, -0.05) is 76.0 Å². The van der Waals surface area contributed by atoms with E-state index in [0.717, 1.165) is 44.9 Å². The number of allylic oxidation sites excluding steroid dienone is 6. The maximum atomic E-state index is 12.1. The Labute approximate surface area is 238 Å². The summed E-state index contributed by atoms with van der Waals surface area (Å²) in [7, 11) is 1.33. The number of phosphoric ester groups is 1. The molecule has 9 heteroatoms. The van der Waals surface area contributed by atoms with Crippen LogP contribution >= 0.6 is 7.82 Å². The number of carbonyl (C=O) groups is 1. The molecule has 0 saturated carbocycles. The van der Waals surface area contributed by atoms with E-state index in [9.17, 15) is 14.3 Å². The van der Waals surface area contributed by atoms with Gasteiger partial charge in [0, 0.05) is 13.0 Å². The molecule has 8 nitrogen and oxygen atoms in total. The third-order valence-corrected chi connectivity index (χ3v) is 6.64. The van der Waals surface area contributed by atoms with Crippen molar-refractivity contribution in [3.63, 3.8) is 0 Å². The van der Waals surface area contributed by atoms with Crippen molar-refractivity contribution in [2.45, 2.75) is 97.0 Å². The van der Waals surface area contributed by atoms with Crippen molar-refractivity contribution >= 4 is 13.8 Å². The summed E-state index contributed by atoms with van der Waals surface area (Å²) in [6.07, 6.45) is 24.5. The van der Waals surface area contributed by atoms with E-state index in [0.29, 0.717) is 24.1 Å². The first-order chi connectivity index (χ1) is 18.6. The van der Waals surface area contributed by atoms with Crippen LogP contribution in [0.2, 0.25) is 0 Å². The lowest BCUT2D eigenvalue weighted by atomic mass is 10.1. The second kappa shape index (κ2) is 24.5. The fraction of sp³-hybridized carbons (Fsp3) is 0.767. The number of unbranched alkanes of at least 4 members (excludes halogenated alkanes) is 6. The van der Waals surface area contributed by atoms with Crippen molar-refractivity contribution in [1.82, 2.24) is 0 Å². The number of hydrogen-bond acceptors (Lipinski definition) is 7. The molecule has 0 spiro atoms. The van der Waals surface area contributed by atoms with E-state index in [1.807, 2.05) is 28.1 Å². The lowest BCUT2D eigenvalue weighted by molar-refractivity contribution is -0.870. The van der Waals surface area contributed by atoms with Gasteiger partial charge in [-0.3, -0.25) is 9.36 Å². The van der Waals surface area contributed by atoms with Crippen LogP contribution in [0.5, 0.6) is 0 Å². The first-order valence-corrected chi connectivity index (χ1v) is 16.2. The second-order valence-electron chi connectivity index (χ2n) is 10.7. The van der Waals surface area contributed by atoms with Gasteiger partial charge in [-0.2, -0.15) is 0 Å². The third-order valence-electron chi connectivity index (χ3n) is 5.68. The highest BCUT2D eigenvalue weighted by Crippen LogP contribution is 2.38. The number of likely N-dealkylation sites (N-methyl/N-ethyl adjacent to an activating group) is 1. The average molecular weight is 574 g/mol. The van der Waals surface area contributed by atoms with E-state index in [-0.39, 0.29) is 26.2 Å². The number of hydrogen-bond donors (Lipinski definition) is 0. The largest absolute Gasteiger partial charge is 0.756 e. The Bertz CT molecular complexity index is 731. The Morgan fingerprint density at radius 3 is 2.08 bits per heavy atom. The van der Waals surface area contributed by atoms with Crippen LogP contribution in [0.3, 0.4) is 0 Å². The Morgan fingerprint density at radius 1 is 0.821 bits per heavy atom. The van der Waals surface area contributed by atoms with Crippen LogP contribution in [-0.2, 0) is 27.9 Å². The average Bonchev–Trinajstić information content (AvgIpc) is 2.85. The smallest absolute Gasteiger partial charge is 0.306 e. The minimum atomic E-state index is -4.49. The fourth-order valence-electron chi connectivity index (χ4n) is 3.42. The summed E-state index contributed by atoms with van der Waals surface area (Å²) in [5.74, 6) is -0.396. The molecule has 39 heavy (non-hydrogen) atoms. The molecule has 2 atom stereocenters. The highest BCUT2D eigenvalue weighted by atomic mass is 31.2. The standard InChI is InChI=1S/C30H56NO7P/c1-6-8-9-10-11-12-13-14-15-16-17-18-19-20-21-22-25-35-27-29(38-30(32)23-7-2)28-37-39(33,34)36-26-24-31(3,4)5/h8-9,11-12,14-15,29H,6-7,10,13,16-28H2,1-5H3/b9-8-,12-11-,15-14-. The summed E-state index contributed by atoms with van der Waals surface area (Å²) in [6.45, 7) is 4.86. The van der Waals surface area contributed by atoms with E-state index in [1.54, 1.807) is 0 Å². The normalized spacial score (nSPS) is 14.9. The molecule has 0 aromatic carbocycles. The number of carbonyl (C=O) groups excluding carboxylic acids is 1. The molecule has 228 valence electrons. The maximum absolute atomic E-state index is 12.1. The molecule has 0 aliphatic carbocycles. The molecule has 0 bridgehead atoms. The Kier molecular flexibility index (Phi) is 23.7. The zero-order valence-electron chi connectivity index (χ0n) is 25.3. The molecular formula is C30H56NO7P.